The molecule has 5 aromatic carbocycles. The molecule has 0 aromatic heterocycles. The zero-order valence-corrected chi connectivity index (χ0v) is 22.7. The standard InChI is InChI=1S/2C10H9.C7H7.2ClH.Si.Zr/c2*1-8-6-9-4-2-3-5-10(9)7-8;1-7-5-3-2-4-6-7;;;;/h2*2-7H,1H3;2-6H,1H2;2*1H;;/q3*-1;;;;+2/p-2. The van der Waals surface area contributed by atoms with Gasteiger partial charge in [0.1, 0.15) is 0 Å². The van der Waals surface area contributed by atoms with E-state index in [0.29, 0.717) is 0 Å². The Morgan fingerprint density at radius 2 is 0.968 bits per heavy atom. The van der Waals surface area contributed by atoms with E-state index in [1.807, 2.05) is 30.3 Å². The molecular weight excluding hydrogens is 515 g/mol. The second-order valence-corrected chi connectivity index (χ2v) is 6.81. The summed E-state index contributed by atoms with van der Waals surface area (Å²) in [5.74, 6) is 0. The van der Waals surface area contributed by atoms with Crippen molar-refractivity contribution in [3.8, 4) is 0 Å². The Kier molecular flexibility index (Phi) is 15.3. The Hall–Kier alpha value is -1.57. The predicted octanol–water partition coefficient (Wildman–Crippen LogP) is 1.23. The molecule has 0 bridgehead atoms. The van der Waals surface area contributed by atoms with Crippen LogP contribution < -0.4 is 24.8 Å². The molecule has 0 nitrogen and oxygen atoms in total. The van der Waals surface area contributed by atoms with Crippen LogP contribution in [0.3, 0.4) is 0 Å². The van der Waals surface area contributed by atoms with Gasteiger partial charge in [0.15, 0.2) is 0 Å². The second kappa shape index (κ2) is 16.1. The summed E-state index contributed by atoms with van der Waals surface area (Å²) in [6.07, 6.45) is 0. The fraction of sp³-hybridized carbons (Fsp3) is 0.0741. The summed E-state index contributed by atoms with van der Waals surface area (Å²) >= 11 is 1.36. The first kappa shape index (κ1) is 29.4. The SMILES string of the molecule is Cc1cc2ccccc2[cH-]1.Cc1cc2ccccc2[cH-]1.[CH2-]c1ccccc1.[Cl-].[Cl-].[Si]=[Zr+2]. The van der Waals surface area contributed by atoms with Crippen molar-refractivity contribution < 1.29 is 48.1 Å². The Morgan fingerprint density at radius 1 is 0.613 bits per heavy atom. The second-order valence-electron chi connectivity index (χ2n) is 6.81. The van der Waals surface area contributed by atoms with Crippen molar-refractivity contribution >= 4 is 28.4 Å². The van der Waals surface area contributed by atoms with E-state index < -0.39 is 0 Å². The van der Waals surface area contributed by atoms with E-state index in [9.17, 15) is 0 Å². The van der Waals surface area contributed by atoms with Crippen molar-refractivity contribution in [2.75, 3.05) is 0 Å². The molecule has 0 aliphatic rings. The number of hydrogen-bond acceptors (Lipinski definition) is 0. The zero-order valence-electron chi connectivity index (χ0n) is 17.8. The van der Waals surface area contributed by atoms with E-state index in [4.69, 9.17) is 0 Å². The molecule has 0 aliphatic heterocycles. The quantitative estimate of drug-likeness (QED) is 0.205. The average Bonchev–Trinajstić information content (AvgIpc) is 3.31. The number of aryl methyl sites for hydroxylation is 2. The first-order valence-electron chi connectivity index (χ1n) is 9.48. The first-order valence-corrected chi connectivity index (χ1v) is 13.7. The van der Waals surface area contributed by atoms with Crippen molar-refractivity contribution in [1.82, 2.24) is 0 Å². The van der Waals surface area contributed by atoms with Crippen LogP contribution in [0.15, 0.2) is 103 Å². The van der Waals surface area contributed by atoms with Crippen LogP contribution in [-0.2, 0) is 23.3 Å². The average molecular weight is 540 g/mol. The Labute approximate surface area is 215 Å². The van der Waals surface area contributed by atoms with Gasteiger partial charge in [0.25, 0.3) is 0 Å². The third-order valence-electron chi connectivity index (χ3n) is 4.37. The molecule has 0 spiro atoms. The topological polar surface area (TPSA) is 0 Å². The van der Waals surface area contributed by atoms with Crippen LogP contribution in [0, 0.1) is 20.8 Å². The van der Waals surface area contributed by atoms with Crippen LogP contribution in [0.4, 0.5) is 0 Å². The third-order valence-corrected chi connectivity index (χ3v) is 4.37. The van der Waals surface area contributed by atoms with Gasteiger partial charge < -0.3 is 24.8 Å². The van der Waals surface area contributed by atoms with E-state index >= 15 is 0 Å². The minimum absolute atomic E-state index is 0. The Balaban J connectivity index is 0.000000412. The van der Waals surface area contributed by atoms with E-state index in [-0.39, 0.29) is 24.8 Å². The van der Waals surface area contributed by atoms with Crippen LogP contribution in [0.5, 0.6) is 0 Å². The van der Waals surface area contributed by atoms with Crippen LogP contribution in [0.1, 0.15) is 16.7 Å². The van der Waals surface area contributed by atoms with Crippen LogP contribution in [0.25, 0.3) is 21.5 Å². The summed E-state index contributed by atoms with van der Waals surface area (Å²) in [7, 11) is 0. The van der Waals surface area contributed by atoms with E-state index in [1.165, 1.54) is 56.0 Å². The molecule has 4 heteroatoms. The first-order chi connectivity index (χ1) is 14.1. The molecule has 0 N–H and O–H groups in total. The van der Waals surface area contributed by atoms with Gasteiger partial charge in [0.05, 0.1) is 0 Å². The molecule has 5 rings (SSSR count). The molecule has 5 aromatic rings. The fourth-order valence-electron chi connectivity index (χ4n) is 3.09. The summed E-state index contributed by atoms with van der Waals surface area (Å²) in [4.78, 5) is 0. The van der Waals surface area contributed by atoms with Crippen LogP contribution in [-0.4, -0.2) is 6.88 Å². The van der Waals surface area contributed by atoms with Gasteiger partial charge >= 0.3 is 30.2 Å². The molecule has 2 radical (unpaired) electrons. The third kappa shape index (κ3) is 10.1. The summed E-state index contributed by atoms with van der Waals surface area (Å²) in [5, 5.41) is 5.39. The molecule has 0 heterocycles. The van der Waals surface area contributed by atoms with Crippen molar-refractivity contribution in [3.63, 3.8) is 0 Å². The van der Waals surface area contributed by atoms with E-state index in [0.717, 1.165) is 5.56 Å². The van der Waals surface area contributed by atoms with E-state index in [1.54, 1.807) is 0 Å². The van der Waals surface area contributed by atoms with Gasteiger partial charge in [0, 0.05) is 0 Å². The molecule has 0 amide bonds. The Morgan fingerprint density at radius 3 is 1.29 bits per heavy atom. The van der Waals surface area contributed by atoms with Crippen molar-refractivity contribution in [1.29, 1.82) is 0 Å². The van der Waals surface area contributed by atoms with Crippen molar-refractivity contribution in [2.24, 2.45) is 0 Å². The summed E-state index contributed by atoms with van der Waals surface area (Å²) < 4.78 is 0. The van der Waals surface area contributed by atoms with Gasteiger partial charge in [0.2, 0.25) is 0 Å². The maximum atomic E-state index is 3.72. The van der Waals surface area contributed by atoms with Crippen LogP contribution >= 0.6 is 0 Å². The summed E-state index contributed by atoms with van der Waals surface area (Å²) in [6.45, 7) is 11.0. The molecule has 0 unspecified atom stereocenters. The molecule has 0 fully saturated rings. The molecule has 0 aliphatic carbocycles. The molecule has 158 valence electrons. The predicted molar refractivity (Wildman–Crippen MR) is 125 cm³/mol. The molecular formula is C27H25Cl2SiZr-3. The summed E-state index contributed by atoms with van der Waals surface area (Å²) in [6, 6.07) is 35.5. The number of hydrogen-bond donors (Lipinski definition) is 0. The van der Waals surface area contributed by atoms with Crippen molar-refractivity contribution in [2.45, 2.75) is 13.8 Å². The summed E-state index contributed by atoms with van der Waals surface area (Å²) in [5.41, 5.74) is 3.77. The van der Waals surface area contributed by atoms with Crippen molar-refractivity contribution in [3.05, 3.63) is 127 Å². The zero-order chi connectivity index (χ0) is 21.1. The van der Waals surface area contributed by atoms with Gasteiger partial charge in [-0.05, 0) is 0 Å². The normalized spacial score (nSPS) is 8.90. The van der Waals surface area contributed by atoms with Gasteiger partial charge in [-0.2, -0.15) is 36.8 Å². The molecule has 0 saturated carbocycles. The fourth-order valence-corrected chi connectivity index (χ4v) is 3.09. The Bertz CT molecular complexity index is 992. The minimum atomic E-state index is 0. The molecule has 0 saturated heterocycles. The number of rotatable bonds is 0. The van der Waals surface area contributed by atoms with Gasteiger partial charge in [-0.1, -0.05) is 32.0 Å². The molecule has 0 atom stereocenters. The van der Waals surface area contributed by atoms with Crippen LogP contribution in [0.2, 0.25) is 0 Å². The van der Waals surface area contributed by atoms with E-state index in [2.05, 4.69) is 100 Å². The van der Waals surface area contributed by atoms with Gasteiger partial charge in [-0.3, -0.25) is 0 Å². The molecule has 31 heavy (non-hydrogen) atoms. The maximum absolute atomic E-state index is 3.72. The number of halogens is 2. The van der Waals surface area contributed by atoms with Gasteiger partial charge in [-0.15, -0.1) is 93.3 Å². The monoisotopic (exact) mass is 537 g/mol. The number of fused-ring (bicyclic) bond motifs is 2. The van der Waals surface area contributed by atoms with Gasteiger partial charge in [-0.25, -0.2) is 0 Å². The number of benzene rings is 3.